The molecule has 1 N–H and O–H groups in total. The average molecular weight is 222 g/mol. The Hall–Kier alpha value is -0.560. The normalized spacial score (nSPS) is 26.8. The summed E-state index contributed by atoms with van der Waals surface area (Å²) in [5, 5.41) is 9.73. The number of rotatable bonds is 4. The summed E-state index contributed by atoms with van der Waals surface area (Å²) in [6, 6.07) is 0. The summed E-state index contributed by atoms with van der Waals surface area (Å²) in [5.41, 5.74) is 1.79. The third kappa shape index (κ3) is 3.48. The van der Waals surface area contributed by atoms with Crippen LogP contribution in [-0.2, 0) is 0 Å². The smallest absolute Gasteiger partial charge is 0.0721 e. The minimum absolute atomic E-state index is 0.268. The van der Waals surface area contributed by atoms with Gasteiger partial charge in [-0.3, -0.25) is 0 Å². The third-order valence-corrected chi connectivity index (χ3v) is 3.70. The van der Waals surface area contributed by atoms with Crippen molar-refractivity contribution in [3.05, 3.63) is 23.8 Å². The highest BCUT2D eigenvalue weighted by molar-refractivity contribution is 5.19. The minimum Gasteiger partial charge on any atom is -0.389 e. The molecule has 2 atom stereocenters. The van der Waals surface area contributed by atoms with Gasteiger partial charge in [-0.05, 0) is 31.6 Å². The Bertz CT molecular complexity index is 273. The molecule has 1 aliphatic rings. The van der Waals surface area contributed by atoms with Gasteiger partial charge in [-0.2, -0.15) is 0 Å². The summed E-state index contributed by atoms with van der Waals surface area (Å²) in [5.74, 6) is 0.493. The van der Waals surface area contributed by atoms with Crippen molar-refractivity contribution in [1.29, 1.82) is 0 Å². The van der Waals surface area contributed by atoms with Gasteiger partial charge in [0.25, 0.3) is 0 Å². The molecule has 0 aromatic rings. The van der Waals surface area contributed by atoms with Gasteiger partial charge in [0.15, 0.2) is 0 Å². The van der Waals surface area contributed by atoms with Crippen LogP contribution in [0.15, 0.2) is 23.8 Å². The second kappa shape index (κ2) is 5.67. The summed E-state index contributed by atoms with van der Waals surface area (Å²) < 4.78 is 0. The fourth-order valence-electron chi connectivity index (χ4n) is 2.61. The maximum atomic E-state index is 9.73. The zero-order valence-corrected chi connectivity index (χ0v) is 11.2. The van der Waals surface area contributed by atoms with E-state index >= 15 is 0 Å². The zero-order valence-electron chi connectivity index (χ0n) is 11.2. The average Bonchev–Trinajstić information content (AvgIpc) is 2.16. The van der Waals surface area contributed by atoms with E-state index in [4.69, 9.17) is 0 Å². The largest absolute Gasteiger partial charge is 0.389 e. The molecular weight excluding hydrogens is 196 g/mol. The maximum Gasteiger partial charge on any atom is 0.0721 e. The topological polar surface area (TPSA) is 20.2 Å². The highest BCUT2D eigenvalue weighted by Gasteiger charge is 2.30. The van der Waals surface area contributed by atoms with Gasteiger partial charge in [0.05, 0.1) is 6.10 Å². The second-order valence-corrected chi connectivity index (χ2v) is 5.69. The molecule has 1 rings (SSSR count). The summed E-state index contributed by atoms with van der Waals surface area (Å²) in [6.07, 6.45) is 10.6. The van der Waals surface area contributed by atoms with Gasteiger partial charge in [0.1, 0.15) is 0 Å². The quantitative estimate of drug-likeness (QED) is 0.710. The lowest BCUT2D eigenvalue weighted by Gasteiger charge is -2.36. The molecular formula is C15H26O. The fraction of sp³-hybridized carbons (Fsp3) is 0.733. The molecule has 92 valence electrons. The van der Waals surface area contributed by atoms with Gasteiger partial charge in [-0.25, -0.2) is 0 Å². The Morgan fingerprint density at radius 1 is 1.56 bits per heavy atom. The predicted molar refractivity (Wildman–Crippen MR) is 70.3 cm³/mol. The Labute approximate surface area is 100 Å². The maximum absolute atomic E-state index is 9.73. The van der Waals surface area contributed by atoms with Crippen molar-refractivity contribution in [3.8, 4) is 0 Å². The van der Waals surface area contributed by atoms with Crippen LogP contribution < -0.4 is 0 Å². The van der Waals surface area contributed by atoms with Crippen LogP contribution in [0.1, 0.15) is 53.4 Å². The Kier molecular flexibility index (Phi) is 4.79. The lowest BCUT2D eigenvalue weighted by Crippen LogP contribution is -2.26. The van der Waals surface area contributed by atoms with E-state index in [0.717, 1.165) is 12.8 Å². The molecule has 16 heavy (non-hydrogen) atoms. The van der Waals surface area contributed by atoms with Crippen molar-refractivity contribution in [2.75, 3.05) is 0 Å². The van der Waals surface area contributed by atoms with E-state index in [1.165, 1.54) is 18.4 Å². The highest BCUT2D eigenvalue weighted by atomic mass is 16.3. The van der Waals surface area contributed by atoms with Crippen LogP contribution in [0.4, 0.5) is 0 Å². The number of aliphatic hydroxyl groups is 1. The molecule has 0 saturated carbocycles. The molecule has 0 spiro atoms. The van der Waals surface area contributed by atoms with E-state index in [1.54, 1.807) is 0 Å². The van der Waals surface area contributed by atoms with Gasteiger partial charge in [-0.15, -0.1) is 0 Å². The molecule has 0 aliphatic heterocycles. The first-order valence-electron chi connectivity index (χ1n) is 6.50. The van der Waals surface area contributed by atoms with Gasteiger partial charge in [0, 0.05) is 5.92 Å². The molecule has 0 heterocycles. The third-order valence-electron chi connectivity index (χ3n) is 3.70. The predicted octanol–water partition coefficient (Wildman–Crippen LogP) is 4.09. The first-order chi connectivity index (χ1) is 7.47. The van der Waals surface area contributed by atoms with Gasteiger partial charge in [-0.1, -0.05) is 51.0 Å². The van der Waals surface area contributed by atoms with E-state index in [2.05, 4.69) is 39.8 Å². The summed E-state index contributed by atoms with van der Waals surface area (Å²) in [6.45, 7) is 8.96. The Morgan fingerprint density at radius 3 is 2.81 bits per heavy atom. The number of allylic oxidation sites excluding steroid dienone is 3. The first kappa shape index (κ1) is 13.5. The van der Waals surface area contributed by atoms with Gasteiger partial charge >= 0.3 is 0 Å². The van der Waals surface area contributed by atoms with Crippen LogP contribution in [0.3, 0.4) is 0 Å². The molecule has 0 aromatic carbocycles. The van der Waals surface area contributed by atoms with Crippen molar-refractivity contribution in [1.82, 2.24) is 0 Å². The van der Waals surface area contributed by atoms with Crippen LogP contribution >= 0.6 is 0 Å². The van der Waals surface area contributed by atoms with Crippen molar-refractivity contribution in [2.45, 2.75) is 59.5 Å². The molecule has 0 saturated heterocycles. The molecule has 2 unspecified atom stereocenters. The fourth-order valence-corrected chi connectivity index (χ4v) is 2.61. The lowest BCUT2D eigenvalue weighted by molar-refractivity contribution is 0.207. The summed E-state index contributed by atoms with van der Waals surface area (Å²) in [7, 11) is 0. The van der Waals surface area contributed by atoms with Crippen LogP contribution in [0.5, 0.6) is 0 Å². The molecule has 0 amide bonds. The molecule has 0 aromatic heterocycles. The van der Waals surface area contributed by atoms with Crippen LogP contribution in [0, 0.1) is 11.3 Å². The molecule has 1 aliphatic carbocycles. The molecule has 1 heteroatoms. The van der Waals surface area contributed by atoms with Crippen LogP contribution in [0.25, 0.3) is 0 Å². The van der Waals surface area contributed by atoms with Crippen LogP contribution in [-0.4, -0.2) is 11.2 Å². The van der Waals surface area contributed by atoms with E-state index in [0.29, 0.717) is 11.3 Å². The van der Waals surface area contributed by atoms with Crippen molar-refractivity contribution in [3.63, 3.8) is 0 Å². The Morgan fingerprint density at radius 2 is 2.25 bits per heavy atom. The first-order valence-corrected chi connectivity index (χ1v) is 6.50. The molecule has 1 nitrogen and oxygen atoms in total. The molecule has 0 fully saturated rings. The second-order valence-electron chi connectivity index (χ2n) is 5.69. The molecule has 0 radical (unpaired) electrons. The lowest BCUT2D eigenvalue weighted by atomic mass is 9.68. The van der Waals surface area contributed by atoms with E-state index in [-0.39, 0.29) is 6.10 Å². The number of hydrogen-bond acceptors (Lipinski definition) is 1. The van der Waals surface area contributed by atoms with Crippen molar-refractivity contribution >= 4 is 0 Å². The highest BCUT2D eigenvalue weighted by Crippen LogP contribution is 2.41. The van der Waals surface area contributed by atoms with E-state index < -0.39 is 0 Å². The number of aliphatic hydroxyl groups excluding tert-OH is 1. The van der Waals surface area contributed by atoms with E-state index in [9.17, 15) is 5.11 Å². The van der Waals surface area contributed by atoms with Crippen LogP contribution in [0.2, 0.25) is 0 Å². The van der Waals surface area contributed by atoms with Crippen molar-refractivity contribution in [2.24, 2.45) is 11.3 Å². The van der Waals surface area contributed by atoms with E-state index in [1.807, 2.05) is 6.08 Å². The van der Waals surface area contributed by atoms with Gasteiger partial charge < -0.3 is 5.11 Å². The standard InChI is InChI=1S/C15H26O/c1-5-7-13(16)9-10-14-12(2)8-6-11-15(14,3)4/h8-10,13-14,16H,5-7,11H2,1-4H3/b10-9+. The molecule has 0 bridgehead atoms. The van der Waals surface area contributed by atoms with Gasteiger partial charge in [0.2, 0.25) is 0 Å². The summed E-state index contributed by atoms with van der Waals surface area (Å²) >= 11 is 0. The minimum atomic E-state index is -0.268. The Balaban J connectivity index is 2.69. The number of hydrogen-bond donors (Lipinski definition) is 1. The summed E-state index contributed by atoms with van der Waals surface area (Å²) in [4.78, 5) is 0. The zero-order chi connectivity index (χ0) is 12.2. The monoisotopic (exact) mass is 222 g/mol. The SMILES string of the molecule is CCCC(O)/C=C/C1C(C)=CCCC1(C)C. The van der Waals surface area contributed by atoms with Crippen molar-refractivity contribution < 1.29 is 5.11 Å².